The number of piperidine rings is 1. The van der Waals surface area contributed by atoms with Crippen LogP contribution in [0, 0.1) is 5.41 Å². The number of β-amino-alcohol motifs (C(OH)–C–C–N with tert-alkyl or cyclic N) is 1. The van der Waals surface area contributed by atoms with Crippen molar-refractivity contribution in [3.05, 3.63) is 42.0 Å². The van der Waals surface area contributed by atoms with Gasteiger partial charge in [-0.15, -0.1) is 0 Å². The van der Waals surface area contributed by atoms with Crippen LogP contribution in [0.3, 0.4) is 0 Å². The number of carbonyl (C=O) groups is 1. The number of aliphatic hydroxyl groups is 1. The standard InChI is InChI=1S/C18H21NO3/c1-18(2)9-14(20)10-19(11-18)17(22)13-7-6-12-4-3-5-16(21)15(12)8-13/h3-8,14,20-21H,9-11H2,1-2H3. The summed E-state index contributed by atoms with van der Waals surface area (Å²) in [4.78, 5) is 14.4. The molecule has 2 N–H and O–H groups in total. The van der Waals surface area contributed by atoms with Gasteiger partial charge in [-0.05, 0) is 35.4 Å². The van der Waals surface area contributed by atoms with Crippen LogP contribution in [0.1, 0.15) is 30.6 Å². The minimum Gasteiger partial charge on any atom is -0.507 e. The molecule has 116 valence electrons. The monoisotopic (exact) mass is 299 g/mol. The Kier molecular flexibility index (Phi) is 3.57. The number of aliphatic hydroxyl groups excluding tert-OH is 1. The van der Waals surface area contributed by atoms with Crippen molar-refractivity contribution in [3.8, 4) is 5.75 Å². The predicted molar refractivity (Wildman–Crippen MR) is 85.9 cm³/mol. The number of rotatable bonds is 1. The molecule has 0 radical (unpaired) electrons. The first-order valence-corrected chi connectivity index (χ1v) is 7.55. The van der Waals surface area contributed by atoms with Gasteiger partial charge < -0.3 is 15.1 Å². The van der Waals surface area contributed by atoms with Crippen LogP contribution in [0.25, 0.3) is 10.8 Å². The molecule has 1 atom stereocenters. The largest absolute Gasteiger partial charge is 0.507 e. The lowest BCUT2D eigenvalue weighted by Crippen LogP contribution is -2.49. The number of hydrogen-bond acceptors (Lipinski definition) is 3. The number of fused-ring (bicyclic) bond motifs is 1. The van der Waals surface area contributed by atoms with Gasteiger partial charge in [0.15, 0.2) is 0 Å². The molecule has 22 heavy (non-hydrogen) atoms. The van der Waals surface area contributed by atoms with Crippen molar-refractivity contribution in [2.24, 2.45) is 5.41 Å². The number of carbonyl (C=O) groups excluding carboxylic acids is 1. The fourth-order valence-electron chi connectivity index (χ4n) is 3.33. The van der Waals surface area contributed by atoms with Crippen molar-refractivity contribution in [1.29, 1.82) is 0 Å². The maximum absolute atomic E-state index is 12.7. The fraction of sp³-hybridized carbons (Fsp3) is 0.389. The lowest BCUT2D eigenvalue weighted by Gasteiger charge is -2.40. The Bertz CT molecular complexity index is 723. The number of phenols is 1. The van der Waals surface area contributed by atoms with Crippen LogP contribution >= 0.6 is 0 Å². The number of aromatic hydroxyl groups is 1. The number of nitrogens with zero attached hydrogens (tertiary/aromatic N) is 1. The highest BCUT2D eigenvalue weighted by Gasteiger charge is 2.34. The Balaban J connectivity index is 1.93. The molecule has 0 saturated carbocycles. The molecule has 4 nitrogen and oxygen atoms in total. The van der Waals surface area contributed by atoms with Crippen LogP contribution < -0.4 is 0 Å². The first-order chi connectivity index (χ1) is 10.4. The summed E-state index contributed by atoms with van der Waals surface area (Å²) in [5.74, 6) is 0.0723. The van der Waals surface area contributed by atoms with Crippen LogP contribution in [-0.4, -0.2) is 40.2 Å². The van der Waals surface area contributed by atoms with Crippen LogP contribution in [0.5, 0.6) is 5.75 Å². The minimum absolute atomic E-state index is 0.0910. The van der Waals surface area contributed by atoms with Crippen molar-refractivity contribution in [1.82, 2.24) is 4.90 Å². The smallest absolute Gasteiger partial charge is 0.253 e. The van der Waals surface area contributed by atoms with E-state index in [0.717, 1.165) is 5.39 Å². The van der Waals surface area contributed by atoms with E-state index in [0.29, 0.717) is 30.5 Å². The van der Waals surface area contributed by atoms with Crippen molar-refractivity contribution < 1.29 is 15.0 Å². The van der Waals surface area contributed by atoms with E-state index in [1.807, 2.05) is 12.1 Å². The van der Waals surface area contributed by atoms with Gasteiger partial charge >= 0.3 is 0 Å². The van der Waals surface area contributed by atoms with Crippen LogP contribution in [0.2, 0.25) is 0 Å². The van der Waals surface area contributed by atoms with Crippen LogP contribution in [0.4, 0.5) is 0 Å². The second-order valence-electron chi connectivity index (χ2n) is 6.92. The third-order valence-electron chi connectivity index (χ3n) is 4.23. The SMILES string of the molecule is CC1(C)CC(O)CN(C(=O)c2ccc3cccc(O)c3c2)C1. The molecule has 1 amide bonds. The molecular formula is C18H21NO3. The quantitative estimate of drug-likeness (QED) is 0.851. The highest BCUT2D eigenvalue weighted by molar-refractivity contribution is 6.00. The van der Waals surface area contributed by atoms with Gasteiger partial charge in [0.25, 0.3) is 5.91 Å². The van der Waals surface area contributed by atoms with Crippen molar-refractivity contribution in [2.75, 3.05) is 13.1 Å². The van der Waals surface area contributed by atoms with E-state index in [1.165, 1.54) is 0 Å². The molecule has 1 aliphatic heterocycles. The zero-order valence-electron chi connectivity index (χ0n) is 12.9. The number of hydrogen-bond donors (Lipinski definition) is 2. The normalized spacial score (nSPS) is 21.0. The summed E-state index contributed by atoms with van der Waals surface area (Å²) in [7, 11) is 0. The summed E-state index contributed by atoms with van der Waals surface area (Å²) in [6.45, 7) is 5.10. The third-order valence-corrected chi connectivity index (χ3v) is 4.23. The van der Waals surface area contributed by atoms with E-state index in [1.54, 1.807) is 29.2 Å². The molecule has 0 spiro atoms. The van der Waals surface area contributed by atoms with Gasteiger partial charge in [0.05, 0.1) is 6.10 Å². The van der Waals surface area contributed by atoms with Gasteiger partial charge in [-0.2, -0.15) is 0 Å². The second kappa shape index (κ2) is 5.29. The van der Waals surface area contributed by atoms with E-state index < -0.39 is 6.10 Å². The van der Waals surface area contributed by atoms with Gasteiger partial charge in [-0.25, -0.2) is 0 Å². The molecule has 2 aromatic rings. The zero-order valence-corrected chi connectivity index (χ0v) is 12.9. The maximum atomic E-state index is 12.7. The van der Waals surface area contributed by atoms with Crippen molar-refractivity contribution in [3.63, 3.8) is 0 Å². The van der Waals surface area contributed by atoms with Crippen molar-refractivity contribution in [2.45, 2.75) is 26.4 Å². The molecule has 1 saturated heterocycles. The molecule has 2 aromatic carbocycles. The first-order valence-electron chi connectivity index (χ1n) is 7.55. The number of benzene rings is 2. The molecule has 0 aromatic heterocycles. The maximum Gasteiger partial charge on any atom is 0.253 e. The Morgan fingerprint density at radius 2 is 2.05 bits per heavy atom. The summed E-state index contributed by atoms with van der Waals surface area (Å²) in [5.41, 5.74) is 0.450. The number of amides is 1. The molecule has 0 aliphatic carbocycles. The Morgan fingerprint density at radius 3 is 2.77 bits per heavy atom. The van der Waals surface area contributed by atoms with E-state index >= 15 is 0 Å². The van der Waals surface area contributed by atoms with E-state index in [4.69, 9.17) is 0 Å². The number of phenolic OH excluding ortho intramolecular Hbond substituents is 1. The van der Waals surface area contributed by atoms with Gasteiger partial charge in [0.1, 0.15) is 5.75 Å². The Morgan fingerprint density at radius 1 is 1.27 bits per heavy atom. The lowest BCUT2D eigenvalue weighted by atomic mass is 9.82. The molecule has 4 heteroatoms. The summed E-state index contributed by atoms with van der Waals surface area (Å²) in [6, 6.07) is 10.6. The summed E-state index contributed by atoms with van der Waals surface area (Å²) in [5, 5.41) is 21.5. The molecule has 1 fully saturated rings. The Hall–Kier alpha value is -2.07. The average Bonchev–Trinajstić information content (AvgIpc) is 2.44. The third kappa shape index (κ3) is 2.79. The van der Waals surface area contributed by atoms with Gasteiger partial charge in [0, 0.05) is 24.0 Å². The highest BCUT2D eigenvalue weighted by Crippen LogP contribution is 2.31. The summed E-state index contributed by atoms with van der Waals surface area (Å²) >= 11 is 0. The summed E-state index contributed by atoms with van der Waals surface area (Å²) < 4.78 is 0. The zero-order chi connectivity index (χ0) is 15.9. The minimum atomic E-state index is -0.485. The number of likely N-dealkylation sites (tertiary alicyclic amines) is 1. The molecule has 1 heterocycles. The molecule has 1 aliphatic rings. The van der Waals surface area contributed by atoms with E-state index in [-0.39, 0.29) is 17.1 Å². The molecule has 0 bridgehead atoms. The van der Waals surface area contributed by atoms with Crippen LogP contribution in [0.15, 0.2) is 36.4 Å². The molecule has 1 unspecified atom stereocenters. The second-order valence-corrected chi connectivity index (χ2v) is 6.92. The van der Waals surface area contributed by atoms with E-state index in [2.05, 4.69) is 13.8 Å². The highest BCUT2D eigenvalue weighted by atomic mass is 16.3. The lowest BCUT2D eigenvalue weighted by molar-refractivity contribution is 0.00808. The summed E-state index contributed by atoms with van der Waals surface area (Å²) in [6.07, 6.45) is 0.219. The first kappa shape index (κ1) is 14.9. The van der Waals surface area contributed by atoms with Crippen LogP contribution in [-0.2, 0) is 0 Å². The van der Waals surface area contributed by atoms with Gasteiger partial charge in [-0.3, -0.25) is 4.79 Å². The average molecular weight is 299 g/mol. The van der Waals surface area contributed by atoms with Gasteiger partial charge in [-0.1, -0.05) is 32.0 Å². The van der Waals surface area contributed by atoms with Crippen molar-refractivity contribution >= 4 is 16.7 Å². The predicted octanol–water partition coefficient (Wildman–Crippen LogP) is 2.78. The Labute approximate surface area is 130 Å². The topological polar surface area (TPSA) is 60.8 Å². The molecule has 3 rings (SSSR count). The van der Waals surface area contributed by atoms with Gasteiger partial charge in [0.2, 0.25) is 0 Å². The molecular weight excluding hydrogens is 278 g/mol. The van der Waals surface area contributed by atoms with E-state index in [9.17, 15) is 15.0 Å². The fourth-order valence-corrected chi connectivity index (χ4v) is 3.33.